The van der Waals surface area contributed by atoms with Crippen molar-refractivity contribution in [2.45, 2.75) is 13.5 Å². The monoisotopic (exact) mass is 416 g/mol. The molecule has 0 aliphatic heterocycles. The molecule has 0 spiro atoms. The summed E-state index contributed by atoms with van der Waals surface area (Å²) < 4.78 is 1.61. The van der Waals surface area contributed by atoms with Crippen molar-refractivity contribution >= 4 is 57.2 Å². The number of benzene rings is 1. The Hall–Kier alpha value is -2.41. The summed E-state index contributed by atoms with van der Waals surface area (Å²) in [4.78, 5) is 18.1. The van der Waals surface area contributed by atoms with Gasteiger partial charge >= 0.3 is 0 Å². The number of amides is 1. The standard InChI is InChI=1S/C19H14Cl2N4OS/c1-11-17-12(15-6-3-9-27-15)7-8-22-19(17)25(24-11)10-16(26)23-14-5-2-4-13(20)18(14)21/h2-9H,10H2,1H3,(H,23,26). The number of nitrogens with zero attached hydrogens (tertiary/aromatic N) is 3. The number of anilines is 1. The Kier molecular flexibility index (Phi) is 4.86. The molecule has 0 atom stereocenters. The molecule has 8 heteroatoms. The van der Waals surface area contributed by atoms with Gasteiger partial charge in [-0.25, -0.2) is 9.67 Å². The summed E-state index contributed by atoms with van der Waals surface area (Å²) in [7, 11) is 0. The first kappa shape index (κ1) is 18.0. The number of halogens is 2. The van der Waals surface area contributed by atoms with Gasteiger partial charge in [-0.15, -0.1) is 11.3 Å². The normalized spacial score (nSPS) is 11.1. The third-order valence-electron chi connectivity index (χ3n) is 4.11. The van der Waals surface area contributed by atoms with E-state index in [1.807, 2.05) is 24.4 Å². The molecule has 3 heterocycles. The highest BCUT2D eigenvalue weighted by Crippen LogP contribution is 2.33. The summed E-state index contributed by atoms with van der Waals surface area (Å²) in [6.07, 6.45) is 1.74. The fraction of sp³-hybridized carbons (Fsp3) is 0.105. The van der Waals surface area contributed by atoms with E-state index in [0.717, 1.165) is 21.5 Å². The summed E-state index contributed by atoms with van der Waals surface area (Å²) in [6, 6.07) is 11.1. The molecular formula is C19H14Cl2N4OS. The lowest BCUT2D eigenvalue weighted by atomic mass is 10.1. The Labute approximate surface area is 169 Å². The number of hydrogen-bond acceptors (Lipinski definition) is 4. The quantitative estimate of drug-likeness (QED) is 0.483. The van der Waals surface area contributed by atoms with Crippen molar-refractivity contribution in [3.8, 4) is 10.4 Å². The topological polar surface area (TPSA) is 59.8 Å². The Bertz CT molecular complexity index is 1140. The van der Waals surface area contributed by atoms with Gasteiger partial charge in [0.15, 0.2) is 5.65 Å². The van der Waals surface area contributed by atoms with Crippen LogP contribution in [-0.4, -0.2) is 20.7 Å². The minimum Gasteiger partial charge on any atom is -0.323 e. The van der Waals surface area contributed by atoms with E-state index in [9.17, 15) is 4.79 Å². The van der Waals surface area contributed by atoms with E-state index in [2.05, 4.69) is 21.5 Å². The Morgan fingerprint density at radius 2 is 2.07 bits per heavy atom. The lowest BCUT2D eigenvalue weighted by molar-refractivity contribution is -0.116. The van der Waals surface area contributed by atoms with E-state index in [-0.39, 0.29) is 12.5 Å². The van der Waals surface area contributed by atoms with E-state index in [1.165, 1.54) is 0 Å². The maximum Gasteiger partial charge on any atom is 0.246 e. The molecule has 0 aliphatic carbocycles. The van der Waals surface area contributed by atoms with E-state index in [0.29, 0.717) is 21.4 Å². The van der Waals surface area contributed by atoms with E-state index < -0.39 is 0 Å². The average Bonchev–Trinajstić information content (AvgIpc) is 3.28. The van der Waals surface area contributed by atoms with Crippen molar-refractivity contribution in [1.29, 1.82) is 0 Å². The van der Waals surface area contributed by atoms with Gasteiger partial charge in [0.2, 0.25) is 5.91 Å². The maximum atomic E-state index is 12.5. The van der Waals surface area contributed by atoms with Crippen LogP contribution in [0.25, 0.3) is 21.5 Å². The van der Waals surface area contributed by atoms with Crippen LogP contribution in [0.5, 0.6) is 0 Å². The molecule has 3 aromatic heterocycles. The van der Waals surface area contributed by atoms with Gasteiger partial charge in [0, 0.05) is 16.6 Å². The van der Waals surface area contributed by atoms with Crippen LogP contribution in [0.15, 0.2) is 48.0 Å². The van der Waals surface area contributed by atoms with E-state index in [4.69, 9.17) is 23.2 Å². The van der Waals surface area contributed by atoms with Crippen LogP contribution in [0.3, 0.4) is 0 Å². The molecule has 1 N–H and O–H groups in total. The third-order valence-corrected chi connectivity index (χ3v) is 5.84. The fourth-order valence-electron chi connectivity index (χ4n) is 2.96. The molecule has 0 unspecified atom stereocenters. The number of aromatic nitrogens is 3. The molecule has 5 nitrogen and oxygen atoms in total. The van der Waals surface area contributed by atoms with Gasteiger partial charge in [0.05, 0.1) is 26.8 Å². The Morgan fingerprint density at radius 3 is 2.85 bits per heavy atom. The SMILES string of the molecule is Cc1nn(CC(=O)Nc2cccc(Cl)c2Cl)c2nccc(-c3cccs3)c12. The van der Waals surface area contributed by atoms with Crippen LogP contribution in [0.2, 0.25) is 10.0 Å². The zero-order chi connectivity index (χ0) is 19.0. The lowest BCUT2D eigenvalue weighted by Crippen LogP contribution is -2.20. The van der Waals surface area contributed by atoms with E-state index >= 15 is 0 Å². The average molecular weight is 417 g/mol. The Balaban J connectivity index is 1.66. The van der Waals surface area contributed by atoms with Crippen LogP contribution < -0.4 is 5.32 Å². The van der Waals surface area contributed by atoms with Crippen LogP contribution in [0.1, 0.15) is 5.69 Å². The first-order valence-corrected chi connectivity index (χ1v) is 9.78. The number of rotatable bonds is 4. The fourth-order valence-corrected chi connectivity index (χ4v) is 4.06. The van der Waals surface area contributed by atoms with Crippen molar-refractivity contribution in [2.24, 2.45) is 0 Å². The number of fused-ring (bicyclic) bond motifs is 1. The van der Waals surface area contributed by atoms with Gasteiger partial charge < -0.3 is 5.32 Å². The molecule has 0 bridgehead atoms. The molecule has 27 heavy (non-hydrogen) atoms. The summed E-state index contributed by atoms with van der Waals surface area (Å²) in [5.41, 5.74) is 3.03. The smallest absolute Gasteiger partial charge is 0.246 e. The summed E-state index contributed by atoms with van der Waals surface area (Å²) in [5, 5.41) is 11.0. The van der Waals surface area contributed by atoms with Crippen molar-refractivity contribution in [3.63, 3.8) is 0 Å². The number of aryl methyl sites for hydroxylation is 1. The first-order chi connectivity index (χ1) is 13.0. The largest absolute Gasteiger partial charge is 0.323 e. The molecule has 0 radical (unpaired) electrons. The molecule has 0 fully saturated rings. The number of hydrogen-bond donors (Lipinski definition) is 1. The second kappa shape index (κ2) is 7.31. The second-order valence-corrected chi connectivity index (χ2v) is 7.66. The highest BCUT2D eigenvalue weighted by atomic mass is 35.5. The number of nitrogens with one attached hydrogen (secondary N) is 1. The lowest BCUT2D eigenvalue weighted by Gasteiger charge is -2.08. The molecule has 1 amide bonds. The van der Waals surface area contributed by atoms with Gasteiger partial charge in [-0.05, 0) is 36.6 Å². The third kappa shape index (κ3) is 3.43. The van der Waals surface area contributed by atoms with Gasteiger partial charge in [-0.3, -0.25) is 4.79 Å². The maximum absolute atomic E-state index is 12.5. The van der Waals surface area contributed by atoms with E-state index in [1.54, 1.807) is 40.4 Å². The minimum absolute atomic E-state index is 0.0219. The Morgan fingerprint density at radius 1 is 1.22 bits per heavy atom. The zero-order valence-electron chi connectivity index (χ0n) is 14.2. The molecular weight excluding hydrogens is 403 g/mol. The van der Waals surface area contributed by atoms with Gasteiger partial charge in [0.1, 0.15) is 6.54 Å². The van der Waals surface area contributed by atoms with Crippen molar-refractivity contribution in [3.05, 3.63) is 63.7 Å². The summed E-state index contributed by atoms with van der Waals surface area (Å²) in [5.74, 6) is -0.258. The molecule has 0 aliphatic rings. The highest BCUT2D eigenvalue weighted by Gasteiger charge is 2.17. The second-order valence-electron chi connectivity index (χ2n) is 5.93. The molecule has 0 saturated heterocycles. The van der Waals surface area contributed by atoms with Crippen LogP contribution in [0.4, 0.5) is 5.69 Å². The van der Waals surface area contributed by atoms with Gasteiger partial charge in [0.25, 0.3) is 0 Å². The zero-order valence-corrected chi connectivity index (χ0v) is 16.6. The first-order valence-electron chi connectivity index (χ1n) is 8.14. The summed E-state index contributed by atoms with van der Waals surface area (Å²) in [6.45, 7) is 1.94. The molecule has 0 saturated carbocycles. The van der Waals surface area contributed by atoms with Crippen molar-refractivity contribution in [1.82, 2.24) is 14.8 Å². The number of carbonyl (C=O) groups excluding carboxylic acids is 1. The minimum atomic E-state index is -0.258. The van der Waals surface area contributed by atoms with Crippen LogP contribution in [0, 0.1) is 6.92 Å². The van der Waals surface area contributed by atoms with Crippen molar-refractivity contribution < 1.29 is 4.79 Å². The number of thiophene rings is 1. The van der Waals surface area contributed by atoms with Crippen molar-refractivity contribution in [2.75, 3.05) is 5.32 Å². The number of pyridine rings is 1. The molecule has 4 rings (SSSR count). The highest BCUT2D eigenvalue weighted by molar-refractivity contribution is 7.13. The predicted octanol–water partition coefficient (Wildman–Crippen LogP) is 5.41. The molecule has 1 aromatic carbocycles. The molecule has 4 aromatic rings. The van der Waals surface area contributed by atoms with Gasteiger partial charge in [-0.1, -0.05) is 35.3 Å². The van der Waals surface area contributed by atoms with Gasteiger partial charge in [-0.2, -0.15) is 5.10 Å². The summed E-state index contributed by atoms with van der Waals surface area (Å²) >= 11 is 13.8. The molecule has 136 valence electrons. The predicted molar refractivity (Wildman–Crippen MR) is 111 cm³/mol. The number of carbonyl (C=O) groups is 1. The van der Waals surface area contributed by atoms with Crippen LogP contribution >= 0.6 is 34.5 Å². The van der Waals surface area contributed by atoms with Crippen LogP contribution in [-0.2, 0) is 11.3 Å².